The van der Waals surface area contributed by atoms with Gasteiger partial charge in [0.2, 0.25) is 5.91 Å². The largest absolute Gasteiger partial charge is 0.396 e. The van der Waals surface area contributed by atoms with Gasteiger partial charge in [-0.25, -0.2) is 0 Å². The van der Waals surface area contributed by atoms with Crippen LogP contribution in [0.25, 0.3) is 0 Å². The summed E-state index contributed by atoms with van der Waals surface area (Å²) in [4.78, 5) is 14.3. The highest BCUT2D eigenvalue weighted by Gasteiger charge is 2.23. The number of likely N-dealkylation sites (tertiary alicyclic amines) is 1. The van der Waals surface area contributed by atoms with Gasteiger partial charge in [-0.1, -0.05) is 29.6 Å². The normalized spacial score (nSPS) is 19.5. The number of aliphatic hydroxyl groups is 1. The van der Waals surface area contributed by atoms with Crippen LogP contribution in [0.5, 0.6) is 0 Å². The molecular formula is C15H20Cl2N2O2. The number of anilines is 1. The Morgan fingerprint density at radius 2 is 2.19 bits per heavy atom. The Balaban J connectivity index is 1.95. The molecule has 1 unspecified atom stereocenters. The zero-order chi connectivity index (χ0) is 15.2. The van der Waals surface area contributed by atoms with Crippen LogP contribution in [0.1, 0.15) is 25.7 Å². The number of aliphatic hydroxyl groups excluding tert-OH is 1. The van der Waals surface area contributed by atoms with E-state index in [2.05, 4.69) is 10.2 Å². The SMILES string of the molecule is O=C(CN1CCCCC1CCO)Nc1cc(Cl)ccc1Cl. The van der Waals surface area contributed by atoms with E-state index in [9.17, 15) is 4.79 Å². The summed E-state index contributed by atoms with van der Waals surface area (Å²) in [7, 11) is 0. The van der Waals surface area contributed by atoms with Crippen LogP contribution in [-0.2, 0) is 4.79 Å². The Morgan fingerprint density at radius 3 is 2.95 bits per heavy atom. The molecule has 0 aromatic heterocycles. The quantitative estimate of drug-likeness (QED) is 0.871. The van der Waals surface area contributed by atoms with Crippen molar-refractivity contribution in [3.05, 3.63) is 28.2 Å². The maximum Gasteiger partial charge on any atom is 0.238 e. The standard InChI is InChI=1S/C15H20Cl2N2O2/c16-11-4-5-13(17)14(9-11)18-15(21)10-19-7-2-1-3-12(19)6-8-20/h4-5,9,12,20H,1-3,6-8,10H2,(H,18,21). The van der Waals surface area contributed by atoms with Gasteiger partial charge in [-0.05, 0) is 44.0 Å². The third-order valence-electron chi connectivity index (χ3n) is 3.76. The topological polar surface area (TPSA) is 52.6 Å². The van der Waals surface area contributed by atoms with Gasteiger partial charge in [-0.2, -0.15) is 0 Å². The van der Waals surface area contributed by atoms with Crippen molar-refractivity contribution >= 4 is 34.8 Å². The predicted octanol–water partition coefficient (Wildman–Crippen LogP) is 3.17. The first-order chi connectivity index (χ1) is 10.1. The number of amides is 1. The van der Waals surface area contributed by atoms with Crippen molar-refractivity contribution in [1.82, 2.24) is 4.90 Å². The fourth-order valence-electron chi connectivity index (χ4n) is 2.71. The van der Waals surface area contributed by atoms with E-state index in [4.69, 9.17) is 28.3 Å². The van der Waals surface area contributed by atoms with Crippen molar-refractivity contribution in [1.29, 1.82) is 0 Å². The van der Waals surface area contributed by atoms with Crippen LogP contribution >= 0.6 is 23.2 Å². The van der Waals surface area contributed by atoms with Crippen LogP contribution in [0.15, 0.2) is 18.2 Å². The van der Waals surface area contributed by atoms with Crippen LogP contribution in [0.3, 0.4) is 0 Å². The molecule has 1 amide bonds. The fraction of sp³-hybridized carbons (Fsp3) is 0.533. The fourth-order valence-corrected chi connectivity index (χ4v) is 3.05. The monoisotopic (exact) mass is 330 g/mol. The lowest BCUT2D eigenvalue weighted by Gasteiger charge is -2.34. The molecule has 1 saturated heterocycles. The second kappa shape index (κ2) is 7.99. The molecule has 1 heterocycles. The van der Waals surface area contributed by atoms with Crippen LogP contribution < -0.4 is 5.32 Å². The van der Waals surface area contributed by atoms with Gasteiger partial charge in [-0.15, -0.1) is 0 Å². The van der Waals surface area contributed by atoms with Gasteiger partial charge in [0, 0.05) is 17.7 Å². The second-order valence-electron chi connectivity index (χ2n) is 5.30. The molecule has 21 heavy (non-hydrogen) atoms. The van der Waals surface area contributed by atoms with E-state index in [1.54, 1.807) is 18.2 Å². The van der Waals surface area contributed by atoms with Crippen molar-refractivity contribution in [2.45, 2.75) is 31.7 Å². The van der Waals surface area contributed by atoms with Gasteiger partial charge < -0.3 is 10.4 Å². The van der Waals surface area contributed by atoms with Gasteiger partial charge in [0.15, 0.2) is 0 Å². The van der Waals surface area contributed by atoms with Crippen LogP contribution in [0.4, 0.5) is 5.69 Å². The van der Waals surface area contributed by atoms with Crippen molar-refractivity contribution in [3.8, 4) is 0 Å². The van der Waals surface area contributed by atoms with Crippen LogP contribution in [-0.4, -0.2) is 41.7 Å². The molecule has 2 N–H and O–H groups in total. The molecule has 2 rings (SSSR count). The number of rotatable bonds is 5. The minimum absolute atomic E-state index is 0.107. The Bertz CT molecular complexity index is 495. The average molecular weight is 331 g/mol. The average Bonchev–Trinajstić information content (AvgIpc) is 2.45. The molecule has 4 nitrogen and oxygen atoms in total. The first-order valence-electron chi connectivity index (χ1n) is 7.20. The molecule has 1 aliphatic heterocycles. The highest BCUT2D eigenvalue weighted by Crippen LogP contribution is 2.25. The minimum atomic E-state index is -0.107. The summed E-state index contributed by atoms with van der Waals surface area (Å²) >= 11 is 11.9. The Hall–Kier alpha value is -0.810. The van der Waals surface area contributed by atoms with E-state index in [1.165, 1.54) is 0 Å². The van der Waals surface area contributed by atoms with Crippen molar-refractivity contribution in [3.63, 3.8) is 0 Å². The van der Waals surface area contributed by atoms with E-state index in [0.29, 0.717) is 28.7 Å². The van der Waals surface area contributed by atoms with Crippen LogP contribution in [0.2, 0.25) is 10.0 Å². The molecular weight excluding hydrogens is 311 g/mol. The van der Waals surface area contributed by atoms with Gasteiger partial charge in [0.05, 0.1) is 17.3 Å². The predicted molar refractivity (Wildman–Crippen MR) is 86.0 cm³/mol. The first-order valence-corrected chi connectivity index (χ1v) is 7.95. The molecule has 1 aliphatic rings. The number of benzene rings is 1. The molecule has 1 fully saturated rings. The van der Waals surface area contributed by atoms with E-state index in [1.807, 2.05) is 0 Å². The second-order valence-corrected chi connectivity index (χ2v) is 6.15. The van der Waals surface area contributed by atoms with Crippen LogP contribution in [0, 0.1) is 0 Å². The summed E-state index contributed by atoms with van der Waals surface area (Å²) in [5, 5.41) is 12.9. The van der Waals surface area contributed by atoms with Crippen molar-refractivity contribution in [2.24, 2.45) is 0 Å². The molecule has 0 radical (unpaired) electrons. The summed E-state index contributed by atoms with van der Waals surface area (Å²) < 4.78 is 0. The zero-order valence-electron chi connectivity index (χ0n) is 11.8. The molecule has 0 bridgehead atoms. The number of hydrogen-bond donors (Lipinski definition) is 2. The Kier molecular flexibility index (Phi) is 6.30. The number of carbonyl (C=O) groups is 1. The minimum Gasteiger partial charge on any atom is -0.396 e. The van der Waals surface area contributed by atoms with Gasteiger partial charge in [0.1, 0.15) is 0 Å². The molecule has 116 valence electrons. The lowest BCUT2D eigenvalue weighted by atomic mass is 10.00. The number of piperidine rings is 1. The number of nitrogens with one attached hydrogen (secondary N) is 1. The van der Waals surface area contributed by atoms with Crippen molar-refractivity contribution in [2.75, 3.05) is 25.0 Å². The Labute approximate surface area is 135 Å². The highest BCUT2D eigenvalue weighted by atomic mass is 35.5. The third kappa shape index (κ3) is 4.85. The number of carbonyl (C=O) groups excluding carboxylic acids is 1. The number of nitrogens with zero attached hydrogens (tertiary/aromatic N) is 1. The zero-order valence-corrected chi connectivity index (χ0v) is 13.3. The molecule has 1 aromatic carbocycles. The lowest BCUT2D eigenvalue weighted by Crippen LogP contribution is -2.44. The first kappa shape index (κ1) is 16.6. The van der Waals surface area contributed by atoms with E-state index < -0.39 is 0 Å². The van der Waals surface area contributed by atoms with Crippen molar-refractivity contribution < 1.29 is 9.90 Å². The Morgan fingerprint density at radius 1 is 1.38 bits per heavy atom. The molecule has 1 atom stereocenters. The smallest absolute Gasteiger partial charge is 0.238 e. The third-order valence-corrected chi connectivity index (χ3v) is 4.33. The summed E-state index contributed by atoms with van der Waals surface area (Å²) in [5.41, 5.74) is 0.532. The summed E-state index contributed by atoms with van der Waals surface area (Å²) in [6.45, 7) is 1.36. The van der Waals surface area contributed by atoms with Gasteiger partial charge >= 0.3 is 0 Å². The summed E-state index contributed by atoms with van der Waals surface area (Å²) in [6.07, 6.45) is 3.99. The van der Waals surface area contributed by atoms with E-state index in [0.717, 1.165) is 25.8 Å². The molecule has 1 aromatic rings. The summed E-state index contributed by atoms with van der Waals surface area (Å²) in [6, 6.07) is 5.27. The molecule has 6 heteroatoms. The molecule has 0 saturated carbocycles. The van der Waals surface area contributed by atoms with E-state index in [-0.39, 0.29) is 18.6 Å². The lowest BCUT2D eigenvalue weighted by molar-refractivity contribution is -0.118. The van der Waals surface area contributed by atoms with Gasteiger partial charge in [-0.3, -0.25) is 9.69 Å². The highest BCUT2D eigenvalue weighted by molar-refractivity contribution is 6.35. The maximum absolute atomic E-state index is 12.2. The number of halogens is 2. The molecule has 0 aliphatic carbocycles. The summed E-state index contributed by atoms with van der Waals surface area (Å²) in [5.74, 6) is -0.107. The number of hydrogen-bond acceptors (Lipinski definition) is 3. The van der Waals surface area contributed by atoms with Gasteiger partial charge in [0.25, 0.3) is 0 Å². The molecule has 0 spiro atoms. The van der Waals surface area contributed by atoms with E-state index >= 15 is 0 Å². The maximum atomic E-state index is 12.2.